The van der Waals surface area contributed by atoms with Crippen LogP contribution in [0.1, 0.15) is 32.6 Å². The number of unbranched alkanes of at least 4 members (excludes halogenated alkanes) is 1. The maximum atomic E-state index is 4.45. The van der Waals surface area contributed by atoms with E-state index in [4.69, 9.17) is 0 Å². The van der Waals surface area contributed by atoms with Crippen molar-refractivity contribution < 1.29 is 0 Å². The lowest BCUT2D eigenvalue weighted by Gasteiger charge is -2.27. The first kappa shape index (κ1) is 14.0. The number of nitrogens with zero attached hydrogens (tertiary/aromatic N) is 3. The molecule has 0 aliphatic carbocycles. The van der Waals surface area contributed by atoms with E-state index in [1.54, 1.807) is 6.33 Å². The van der Waals surface area contributed by atoms with E-state index in [1.165, 1.54) is 25.7 Å². The van der Waals surface area contributed by atoms with Crippen LogP contribution >= 0.6 is 22.6 Å². The number of hydrogen-bond donors (Lipinski definition) is 1. The molecule has 0 spiro atoms. The molecule has 18 heavy (non-hydrogen) atoms. The molecule has 1 N–H and O–H groups in total. The summed E-state index contributed by atoms with van der Waals surface area (Å²) in [5, 5.41) is 3.57. The van der Waals surface area contributed by atoms with Gasteiger partial charge in [-0.25, -0.2) is 9.97 Å². The average molecular weight is 360 g/mol. The Bertz CT molecular complexity index is 366. The number of aromatic nitrogens is 2. The van der Waals surface area contributed by atoms with Crippen LogP contribution in [0.2, 0.25) is 0 Å². The largest absolute Gasteiger partial charge is 0.354 e. The first-order valence-electron chi connectivity index (χ1n) is 6.75. The highest BCUT2D eigenvalue weighted by atomic mass is 127. The van der Waals surface area contributed by atoms with Gasteiger partial charge >= 0.3 is 0 Å². The molecule has 1 aromatic rings. The Kier molecular flexibility index (Phi) is 5.62. The highest BCUT2D eigenvalue weighted by molar-refractivity contribution is 14.1. The Morgan fingerprint density at radius 1 is 1.56 bits per heavy atom. The van der Waals surface area contributed by atoms with Crippen LogP contribution in [-0.4, -0.2) is 35.6 Å². The molecule has 100 valence electrons. The minimum Gasteiger partial charge on any atom is -0.354 e. The summed E-state index contributed by atoms with van der Waals surface area (Å²) < 4.78 is 1.14. The van der Waals surface area contributed by atoms with Gasteiger partial charge in [-0.05, 0) is 48.4 Å². The van der Waals surface area contributed by atoms with E-state index in [-0.39, 0.29) is 0 Å². The Morgan fingerprint density at radius 3 is 3.11 bits per heavy atom. The number of rotatable bonds is 6. The van der Waals surface area contributed by atoms with Crippen molar-refractivity contribution in [1.82, 2.24) is 15.3 Å². The van der Waals surface area contributed by atoms with Crippen molar-refractivity contribution in [1.29, 1.82) is 0 Å². The molecule has 0 saturated carbocycles. The van der Waals surface area contributed by atoms with Crippen molar-refractivity contribution in [3.05, 3.63) is 16.1 Å². The van der Waals surface area contributed by atoms with Gasteiger partial charge in [0.1, 0.15) is 12.1 Å². The summed E-state index contributed by atoms with van der Waals surface area (Å²) in [7, 11) is 0. The van der Waals surface area contributed by atoms with Crippen molar-refractivity contribution in [2.24, 2.45) is 0 Å². The molecule has 1 unspecified atom stereocenters. The van der Waals surface area contributed by atoms with Gasteiger partial charge in [0, 0.05) is 25.3 Å². The van der Waals surface area contributed by atoms with Crippen molar-refractivity contribution in [3.8, 4) is 0 Å². The van der Waals surface area contributed by atoms with Crippen molar-refractivity contribution in [3.63, 3.8) is 0 Å². The van der Waals surface area contributed by atoms with Gasteiger partial charge in [-0.2, -0.15) is 0 Å². The van der Waals surface area contributed by atoms with E-state index in [0.29, 0.717) is 6.04 Å². The smallest absolute Gasteiger partial charge is 0.145 e. The lowest BCUT2D eigenvalue weighted by molar-refractivity contribution is 0.568. The van der Waals surface area contributed by atoms with Crippen LogP contribution in [0.4, 0.5) is 5.82 Å². The maximum absolute atomic E-state index is 4.45. The quantitative estimate of drug-likeness (QED) is 0.792. The molecule has 1 saturated heterocycles. The van der Waals surface area contributed by atoms with Crippen molar-refractivity contribution in [2.45, 2.75) is 38.6 Å². The molecule has 1 aliphatic heterocycles. The molecule has 1 aliphatic rings. The summed E-state index contributed by atoms with van der Waals surface area (Å²) >= 11 is 2.33. The van der Waals surface area contributed by atoms with E-state index in [1.807, 2.05) is 6.20 Å². The number of nitrogens with one attached hydrogen (secondary N) is 1. The van der Waals surface area contributed by atoms with E-state index in [2.05, 4.69) is 49.7 Å². The number of hydrogen-bond acceptors (Lipinski definition) is 4. The summed E-state index contributed by atoms with van der Waals surface area (Å²) in [6, 6.07) is 0.618. The minimum absolute atomic E-state index is 0.618. The monoisotopic (exact) mass is 360 g/mol. The zero-order valence-electron chi connectivity index (χ0n) is 10.9. The van der Waals surface area contributed by atoms with Crippen LogP contribution < -0.4 is 10.2 Å². The number of anilines is 1. The van der Waals surface area contributed by atoms with E-state index in [9.17, 15) is 0 Å². The average Bonchev–Trinajstić information content (AvgIpc) is 2.88. The van der Waals surface area contributed by atoms with Gasteiger partial charge in [0.15, 0.2) is 0 Å². The predicted molar refractivity (Wildman–Crippen MR) is 82.9 cm³/mol. The summed E-state index contributed by atoms with van der Waals surface area (Å²) in [5.74, 6) is 1.09. The Labute approximate surface area is 123 Å². The molecule has 0 aromatic carbocycles. The van der Waals surface area contributed by atoms with Gasteiger partial charge in [-0.1, -0.05) is 13.3 Å². The predicted octanol–water partition coefficient (Wildman–Crippen LogP) is 2.44. The molecule has 0 radical (unpaired) electrons. The Balaban J connectivity index is 2.06. The second-order valence-corrected chi connectivity index (χ2v) is 5.95. The molecule has 1 aromatic heterocycles. The van der Waals surface area contributed by atoms with E-state index < -0.39 is 0 Å². The first-order chi connectivity index (χ1) is 8.81. The van der Waals surface area contributed by atoms with Crippen LogP contribution in [-0.2, 0) is 0 Å². The van der Waals surface area contributed by atoms with Crippen LogP contribution in [0.25, 0.3) is 0 Å². The van der Waals surface area contributed by atoms with Crippen molar-refractivity contribution in [2.75, 3.05) is 24.5 Å². The molecule has 2 rings (SSSR count). The normalized spacial score (nSPS) is 19.1. The molecular weight excluding hydrogens is 339 g/mol. The molecule has 2 heterocycles. The molecule has 0 bridgehead atoms. The zero-order chi connectivity index (χ0) is 12.8. The summed E-state index contributed by atoms with van der Waals surface area (Å²) in [5.41, 5.74) is 0. The van der Waals surface area contributed by atoms with Gasteiger partial charge < -0.3 is 10.2 Å². The topological polar surface area (TPSA) is 41.0 Å². The van der Waals surface area contributed by atoms with Gasteiger partial charge in [-0.3, -0.25) is 0 Å². The van der Waals surface area contributed by atoms with Gasteiger partial charge in [-0.15, -0.1) is 0 Å². The summed E-state index contributed by atoms with van der Waals surface area (Å²) in [6.45, 7) is 5.54. The molecule has 4 nitrogen and oxygen atoms in total. The van der Waals surface area contributed by atoms with Crippen molar-refractivity contribution >= 4 is 28.4 Å². The van der Waals surface area contributed by atoms with E-state index in [0.717, 1.165) is 29.0 Å². The SMILES string of the molecule is CCCCN(CC1CCCN1)c1ncncc1I. The maximum Gasteiger partial charge on any atom is 0.145 e. The van der Waals surface area contributed by atoms with Crippen LogP contribution in [0.3, 0.4) is 0 Å². The molecule has 5 heteroatoms. The highest BCUT2D eigenvalue weighted by Crippen LogP contribution is 2.20. The third-order valence-electron chi connectivity index (χ3n) is 3.33. The second kappa shape index (κ2) is 7.23. The van der Waals surface area contributed by atoms with Crippen LogP contribution in [0, 0.1) is 3.57 Å². The third kappa shape index (κ3) is 3.78. The fourth-order valence-corrected chi connectivity index (χ4v) is 2.99. The zero-order valence-corrected chi connectivity index (χ0v) is 13.1. The standard InChI is InChI=1S/C13H21IN4/c1-2-3-7-18(9-11-5-4-6-16-11)13-12(14)8-15-10-17-13/h8,10-11,16H,2-7,9H2,1H3. The second-order valence-electron chi connectivity index (χ2n) is 4.79. The molecule has 0 amide bonds. The minimum atomic E-state index is 0.618. The number of halogens is 1. The molecule has 1 atom stereocenters. The lowest BCUT2D eigenvalue weighted by Crippen LogP contribution is -2.39. The van der Waals surface area contributed by atoms with Gasteiger partial charge in [0.2, 0.25) is 0 Å². The van der Waals surface area contributed by atoms with Crippen LogP contribution in [0.5, 0.6) is 0 Å². The Morgan fingerprint density at radius 2 is 2.44 bits per heavy atom. The summed E-state index contributed by atoms with van der Waals surface area (Å²) in [6.07, 6.45) is 8.56. The van der Waals surface area contributed by atoms with Gasteiger partial charge in [0.05, 0.1) is 3.57 Å². The third-order valence-corrected chi connectivity index (χ3v) is 4.09. The molecule has 1 fully saturated rings. The highest BCUT2D eigenvalue weighted by Gasteiger charge is 2.19. The van der Waals surface area contributed by atoms with E-state index >= 15 is 0 Å². The first-order valence-corrected chi connectivity index (χ1v) is 7.83. The summed E-state index contributed by atoms with van der Waals surface area (Å²) in [4.78, 5) is 10.9. The van der Waals surface area contributed by atoms with Gasteiger partial charge in [0.25, 0.3) is 0 Å². The fraction of sp³-hybridized carbons (Fsp3) is 0.692. The Hall–Kier alpha value is -0.430. The fourth-order valence-electron chi connectivity index (χ4n) is 2.35. The molecular formula is C13H21IN4. The lowest BCUT2D eigenvalue weighted by atomic mass is 10.2. The van der Waals surface area contributed by atoms with Crippen LogP contribution in [0.15, 0.2) is 12.5 Å².